The van der Waals surface area contributed by atoms with Gasteiger partial charge in [-0.25, -0.2) is 9.18 Å². The van der Waals surface area contributed by atoms with Crippen molar-refractivity contribution < 1.29 is 23.8 Å². The number of ether oxygens (including phenoxy) is 1. The number of carbonyl (C=O) groups excluding carboxylic acids is 2. The van der Waals surface area contributed by atoms with E-state index >= 15 is 0 Å². The van der Waals surface area contributed by atoms with E-state index in [4.69, 9.17) is 4.74 Å². The van der Waals surface area contributed by atoms with Crippen molar-refractivity contribution in [3.05, 3.63) is 66.0 Å². The summed E-state index contributed by atoms with van der Waals surface area (Å²) in [6, 6.07) is 14.5. The van der Waals surface area contributed by atoms with Crippen molar-refractivity contribution in [3.8, 4) is 0 Å². The average Bonchev–Trinajstić information content (AvgIpc) is 2.89. The van der Waals surface area contributed by atoms with Crippen LogP contribution in [-0.2, 0) is 16.1 Å². The summed E-state index contributed by atoms with van der Waals surface area (Å²) in [6.45, 7) is 0.250. The van der Waals surface area contributed by atoms with E-state index in [0.29, 0.717) is 11.3 Å². The highest BCUT2D eigenvalue weighted by molar-refractivity contribution is 6.01. The molecule has 0 unspecified atom stereocenters. The molecule has 2 N–H and O–H groups in total. The highest BCUT2D eigenvalue weighted by atomic mass is 19.1. The largest absolute Gasteiger partial charge is 0.410 e. The van der Waals surface area contributed by atoms with Gasteiger partial charge in [-0.05, 0) is 29.8 Å². The van der Waals surface area contributed by atoms with Crippen molar-refractivity contribution in [3.63, 3.8) is 0 Å². The van der Waals surface area contributed by atoms with Gasteiger partial charge in [0.25, 0.3) is 11.7 Å². The van der Waals surface area contributed by atoms with Crippen LogP contribution in [0, 0.1) is 5.82 Å². The number of para-hydroxylation sites is 1. The van der Waals surface area contributed by atoms with Crippen molar-refractivity contribution in [2.45, 2.75) is 18.8 Å². The molecule has 0 aromatic heterocycles. The first-order chi connectivity index (χ1) is 12.0. The fourth-order valence-corrected chi connectivity index (χ4v) is 2.64. The molecule has 6 nitrogen and oxygen atoms in total. The maximum absolute atomic E-state index is 13.1. The van der Waals surface area contributed by atoms with E-state index in [-0.39, 0.29) is 19.5 Å². The second-order valence-electron chi connectivity index (χ2n) is 5.70. The lowest BCUT2D eigenvalue weighted by molar-refractivity contribution is -0.175. The number of carbonyl (C=O) groups is 2. The van der Waals surface area contributed by atoms with Crippen LogP contribution < -0.4 is 10.2 Å². The first-order valence-corrected chi connectivity index (χ1v) is 7.79. The summed E-state index contributed by atoms with van der Waals surface area (Å²) in [5, 5.41) is 12.8. The van der Waals surface area contributed by atoms with E-state index in [1.807, 2.05) is 6.07 Å². The Bertz CT molecular complexity index is 784. The summed E-state index contributed by atoms with van der Waals surface area (Å²) in [5.41, 5.74) is 1.15. The van der Waals surface area contributed by atoms with E-state index in [2.05, 4.69) is 5.32 Å². The third-order valence-corrected chi connectivity index (χ3v) is 3.91. The van der Waals surface area contributed by atoms with Crippen molar-refractivity contribution in [2.24, 2.45) is 0 Å². The Labute approximate surface area is 143 Å². The Morgan fingerprint density at radius 2 is 2.00 bits per heavy atom. The van der Waals surface area contributed by atoms with Crippen molar-refractivity contribution in [1.82, 2.24) is 5.32 Å². The monoisotopic (exact) mass is 344 g/mol. The van der Waals surface area contributed by atoms with Gasteiger partial charge in [0.2, 0.25) is 0 Å². The lowest BCUT2D eigenvalue weighted by Gasteiger charge is -2.22. The zero-order valence-electron chi connectivity index (χ0n) is 13.3. The molecule has 0 spiro atoms. The molecule has 1 fully saturated rings. The number of aliphatic hydroxyl groups is 1. The highest BCUT2D eigenvalue weighted by Gasteiger charge is 2.49. The average molecular weight is 344 g/mol. The maximum Gasteiger partial charge on any atom is 0.410 e. The van der Waals surface area contributed by atoms with Gasteiger partial charge in [-0.3, -0.25) is 4.79 Å². The Hall–Kier alpha value is -2.93. The van der Waals surface area contributed by atoms with Gasteiger partial charge < -0.3 is 20.1 Å². The molecule has 1 atom stereocenters. The summed E-state index contributed by atoms with van der Waals surface area (Å²) in [4.78, 5) is 25.7. The lowest BCUT2D eigenvalue weighted by atomic mass is 10.2. The summed E-state index contributed by atoms with van der Waals surface area (Å²) in [6.07, 6.45) is -0.983. The van der Waals surface area contributed by atoms with Crippen LogP contribution in [0.25, 0.3) is 0 Å². The second-order valence-corrected chi connectivity index (χ2v) is 5.70. The van der Waals surface area contributed by atoms with Crippen LogP contribution in [0.1, 0.15) is 12.0 Å². The second kappa shape index (κ2) is 6.90. The van der Waals surface area contributed by atoms with Gasteiger partial charge in [0.1, 0.15) is 5.82 Å². The Morgan fingerprint density at radius 3 is 2.72 bits per heavy atom. The Morgan fingerprint density at radius 1 is 1.24 bits per heavy atom. The molecule has 1 aliphatic rings. The fraction of sp³-hybridized carbons (Fsp3) is 0.222. The van der Waals surface area contributed by atoms with Crippen LogP contribution in [0.4, 0.5) is 14.9 Å². The van der Waals surface area contributed by atoms with Gasteiger partial charge in [-0.1, -0.05) is 30.3 Å². The number of hydrogen-bond donors (Lipinski definition) is 2. The third-order valence-electron chi connectivity index (χ3n) is 3.91. The zero-order valence-corrected chi connectivity index (χ0v) is 13.3. The van der Waals surface area contributed by atoms with Crippen molar-refractivity contribution in [2.75, 3.05) is 11.4 Å². The van der Waals surface area contributed by atoms with Crippen molar-refractivity contribution in [1.29, 1.82) is 0 Å². The molecule has 0 saturated carbocycles. The van der Waals surface area contributed by atoms with E-state index in [1.54, 1.807) is 30.3 Å². The number of amides is 2. The number of nitrogens with one attached hydrogen (secondary N) is 1. The molecular weight excluding hydrogens is 327 g/mol. The van der Waals surface area contributed by atoms with Crippen LogP contribution >= 0.6 is 0 Å². The lowest BCUT2D eigenvalue weighted by Crippen LogP contribution is -2.46. The van der Waals surface area contributed by atoms with Gasteiger partial charge in [0.05, 0.1) is 0 Å². The van der Waals surface area contributed by atoms with Gasteiger partial charge in [0.15, 0.2) is 0 Å². The quantitative estimate of drug-likeness (QED) is 0.834. The van der Waals surface area contributed by atoms with Crippen molar-refractivity contribution >= 4 is 17.7 Å². The van der Waals surface area contributed by atoms with Crippen LogP contribution in [0.3, 0.4) is 0 Å². The predicted octanol–water partition coefficient (Wildman–Crippen LogP) is 2.18. The number of halogens is 1. The first kappa shape index (κ1) is 16.9. The number of anilines is 1. The maximum atomic E-state index is 13.1. The SMILES string of the molecule is O=C(NCc1cccc(F)c1)O[C@@]1(O)CCN(c2ccccc2)C1=O. The van der Waals surface area contributed by atoms with Gasteiger partial charge in [0, 0.05) is 25.2 Å². The Kier molecular flexibility index (Phi) is 4.67. The minimum absolute atomic E-state index is 0.0171. The summed E-state index contributed by atoms with van der Waals surface area (Å²) >= 11 is 0. The molecule has 0 radical (unpaired) electrons. The number of rotatable bonds is 4. The molecule has 1 saturated heterocycles. The summed E-state index contributed by atoms with van der Waals surface area (Å²) in [7, 11) is 0. The molecule has 1 aliphatic heterocycles. The van der Waals surface area contributed by atoms with Gasteiger partial charge >= 0.3 is 6.09 Å². The molecule has 2 aromatic carbocycles. The van der Waals surface area contributed by atoms with Crippen LogP contribution in [0.15, 0.2) is 54.6 Å². The van der Waals surface area contributed by atoms with Gasteiger partial charge in [-0.15, -0.1) is 0 Å². The van der Waals surface area contributed by atoms with E-state index in [1.165, 1.54) is 23.1 Å². The smallest absolute Gasteiger partial charge is 0.407 e. The number of hydrogen-bond acceptors (Lipinski definition) is 4. The molecule has 3 rings (SSSR count). The van der Waals surface area contributed by atoms with Gasteiger partial charge in [-0.2, -0.15) is 0 Å². The van der Waals surface area contributed by atoms with Crippen LogP contribution in [0.5, 0.6) is 0 Å². The van der Waals surface area contributed by atoms with E-state index in [0.717, 1.165) is 0 Å². The molecule has 2 aromatic rings. The van der Waals surface area contributed by atoms with Crippen LogP contribution in [-0.4, -0.2) is 29.4 Å². The number of alkyl carbamates (subject to hydrolysis) is 1. The molecule has 0 aliphatic carbocycles. The molecule has 7 heteroatoms. The predicted molar refractivity (Wildman–Crippen MR) is 88.1 cm³/mol. The molecule has 0 bridgehead atoms. The highest BCUT2D eigenvalue weighted by Crippen LogP contribution is 2.29. The fourth-order valence-electron chi connectivity index (χ4n) is 2.64. The van der Waals surface area contributed by atoms with Crippen LogP contribution in [0.2, 0.25) is 0 Å². The minimum Gasteiger partial charge on any atom is -0.407 e. The molecule has 1 heterocycles. The standard InChI is InChI=1S/C18H17FN2O4/c19-14-6-4-5-13(11-14)12-20-17(23)25-18(24)9-10-21(16(18)22)15-7-2-1-3-8-15/h1-8,11,24H,9-10,12H2,(H,20,23)/t18-/m0/s1. The normalized spacial score (nSPS) is 19.8. The number of benzene rings is 2. The molecule has 2 amide bonds. The van der Waals surface area contributed by atoms with E-state index in [9.17, 15) is 19.1 Å². The Balaban J connectivity index is 1.60. The summed E-state index contributed by atoms with van der Waals surface area (Å²) in [5.74, 6) is -3.32. The molecular formula is C18H17FN2O4. The first-order valence-electron chi connectivity index (χ1n) is 7.79. The minimum atomic E-state index is -2.21. The number of nitrogens with zero attached hydrogens (tertiary/aromatic N) is 1. The topological polar surface area (TPSA) is 78.9 Å². The van der Waals surface area contributed by atoms with E-state index < -0.39 is 23.6 Å². The molecule has 25 heavy (non-hydrogen) atoms. The summed E-state index contributed by atoms with van der Waals surface area (Å²) < 4.78 is 18.0. The molecule has 130 valence electrons. The zero-order chi connectivity index (χ0) is 17.9. The third kappa shape index (κ3) is 3.77.